The van der Waals surface area contributed by atoms with Crippen LogP contribution in [-0.4, -0.2) is 36.0 Å². The topological polar surface area (TPSA) is 72.4 Å². The molecule has 1 fully saturated rings. The van der Waals surface area contributed by atoms with Gasteiger partial charge in [0.2, 0.25) is 0 Å². The third kappa shape index (κ3) is 4.76. The maximum atomic E-state index is 12.3. The molecular formula is C13H16F3N3O3. The molecule has 1 aliphatic heterocycles. The van der Waals surface area contributed by atoms with Gasteiger partial charge >= 0.3 is 12.2 Å². The van der Waals surface area contributed by atoms with E-state index < -0.39 is 24.3 Å². The molecule has 1 aromatic heterocycles. The van der Waals surface area contributed by atoms with Gasteiger partial charge in [-0.15, -0.1) is 0 Å². The van der Waals surface area contributed by atoms with Crippen molar-refractivity contribution in [2.75, 3.05) is 18.5 Å². The van der Waals surface area contributed by atoms with Crippen molar-refractivity contribution in [3.05, 3.63) is 28.7 Å². The Hall–Kier alpha value is -2.03. The van der Waals surface area contributed by atoms with Crippen LogP contribution < -0.4 is 16.2 Å². The smallest absolute Gasteiger partial charge is 0.376 e. The predicted molar refractivity (Wildman–Crippen MR) is 72.8 cm³/mol. The van der Waals surface area contributed by atoms with Gasteiger partial charge in [0.15, 0.2) is 0 Å². The Balaban J connectivity index is 1.95. The van der Waals surface area contributed by atoms with E-state index in [1.54, 1.807) is 0 Å². The first-order valence-corrected chi connectivity index (χ1v) is 6.78. The molecule has 2 N–H and O–H groups in total. The molecule has 22 heavy (non-hydrogen) atoms. The van der Waals surface area contributed by atoms with Gasteiger partial charge in [0.25, 0.3) is 5.56 Å². The van der Waals surface area contributed by atoms with E-state index in [-0.39, 0.29) is 18.3 Å². The highest BCUT2D eigenvalue weighted by Crippen LogP contribution is 2.16. The normalized spacial score (nSPS) is 18.2. The lowest BCUT2D eigenvalue weighted by atomic mass is 10.2. The van der Waals surface area contributed by atoms with E-state index in [0.29, 0.717) is 11.2 Å². The van der Waals surface area contributed by atoms with E-state index in [1.807, 2.05) is 0 Å². The van der Waals surface area contributed by atoms with Crippen LogP contribution in [0.3, 0.4) is 0 Å². The Labute approximate surface area is 124 Å². The second-order valence-electron chi connectivity index (χ2n) is 4.94. The first kappa shape index (κ1) is 16.3. The quantitative estimate of drug-likeness (QED) is 0.887. The number of urea groups is 1. The van der Waals surface area contributed by atoms with E-state index in [0.717, 1.165) is 19.0 Å². The van der Waals surface area contributed by atoms with Crippen molar-refractivity contribution in [1.82, 2.24) is 9.88 Å². The number of halogens is 3. The Morgan fingerprint density at radius 2 is 2.23 bits per heavy atom. The maximum Gasteiger partial charge on any atom is 0.406 e. The van der Waals surface area contributed by atoms with Crippen molar-refractivity contribution >= 4 is 11.7 Å². The standard InChI is InChI=1S/C13H16F3N3O3/c14-13(15,16)8-19-5-1-4-10(11(19)20)18-12(21)17-7-9-3-2-6-22-9/h1,4-5,9H,2-3,6-8H2,(H2,17,18,21). The molecule has 2 heterocycles. The van der Waals surface area contributed by atoms with Crippen molar-refractivity contribution in [1.29, 1.82) is 0 Å². The zero-order valence-corrected chi connectivity index (χ0v) is 11.7. The van der Waals surface area contributed by atoms with Gasteiger partial charge < -0.3 is 19.9 Å². The first-order valence-electron chi connectivity index (χ1n) is 6.78. The van der Waals surface area contributed by atoms with Crippen LogP contribution in [0.1, 0.15) is 12.8 Å². The van der Waals surface area contributed by atoms with Crippen LogP contribution in [0.15, 0.2) is 23.1 Å². The minimum atomic E-state index is -4.51. The average Bonchev–Trinajstić information content (AvgIpc) is 2.93. The van der Waals surface area contributed by atoms with Gasteiger partial charge in [0.1, 0.15) is 12.2 Å². The summed E-state index contributed by atoms with van der Waals surface area (Å²) in [5, 5.41) is 4.78. The molecule has 0 radical (unpaired) electrons. The molecule has 0 aliphatic carbocycles. The molecule has 0 saturated carbocycles. The number of alkyl halides is 3. The van der Waals surface area contributed by atoms with Crippen LogP contribution in [0.25, 0.3) is 0 Å². The summed E-state index contributed by atoms with van der Waals surface area (Å²) in [4.78, 5) is 23.5. The molecule has 9 heteroatoms. The number of nitrogens with one attached hydrogen (secondary N) is 2. The summed E-state index contributed by atoms with van der Waals surface area (Å²) in [6.07, 6.45) is -1.79. The number of amides is 2. The second kappa shape index (κ2) is 6.82. The average molecular weight is 319 g/mol. The molecule has 1 unspecified atom stereocenters. The molecule has 2 amide bonds. The molecule has 0 spiro atoms. The van der Waals surface area contributed by atoms with E-state index in [2.05, 4.69) is 10.6 Å². The van der Waals surface area contributed by atoms with Crippen molar-refractivity contribution in [3.8, 4) is 0 Å². The minimum absolute atomic E-state index is 0.0663. The van der Waals surface area contributed by atoms with Crippen LogP contribution in [0.5, 0.6) is 0 Å². The fourth-order valence-corrected chi connectivity index (χ4v) is 2.13. The number of nitrogens with zero attached hydrogens (tertiary/aromatic N) is 1. The summed E-state index contributed by atoms with van der Waals surface area (Å²) in [6, 6.07) is 1.86. The van der Waals surface area contributed by atoms with E-state index in [1.165, 1.54) is 12.1 Å². The van der Waals surface area contributed by atoms with Crippen LogP contribution in [0, 0.1) is 0 Å². The summed E-state index contributed by atoms with van der Waals surface area (Å²) in [7, 11) is 0. The Bertz CT molecular complexity index is 580. The van der Waals surface area contributed by atoms with Crippen molar-refractivity contribution < 1.29 is 22.7 Å². The van der Waals surface area contributed by atoms with E-state index in [9.17, 15) is 22.8 Å². The van der Waals surface area contributed by atoms with Gasteiger partial charge in [0.05, 0.1) is 6.10 Å². The summed E-state index contributed by atoms with van der Waals surface area (Å²) < 4.78 is 42.8. The largest absolute Gasteiger partial charge is 0.406 e. The number of rotatable bonds is 4. The molecule has 1 saturated heterocycles. The number of carbonyl (C=O) groups excluding carboxylic acids is 1. The fraction of sp³-hybridized carbons (Fsp3) is 0.538. The lowest BCUT2D eigenvalue weighted by molar-refractivity contribution is -0.141. The molecule has 2 rings (SSSR count). The summed E-state index contributed by atoms with van der Waals surface area (Å²) >= 11 is 0. The lowest BCUT2D eigenvalue weighted by Gasteiger charge is -2.13. The zero-order valence-electron chi connectivity index (χ0n) is 11.7. The van der Waals surface area contributed by atoms with Crippen LogP contribution in [0.4, 0.5) is 23.7 Å². The molecule has 122 valence electrons. The van der Waals surface area contributed by atoms with Gasteiger partial charge in [-0.2, -0.15) is 13.2 Å². The van der Waals surface area contributed by atoms with Crippen molar-refractivity contribution in [2.45, 2.75) is 31.7 Å². The SMILES string of the molecule is O=C(NCC1CCCO1)Nc1cccn(CC(F)(F)F)c1=O. The summed E-state index contributed by atoms with van der Waals surface area (Å²) in [6.45, 7) is -0.469. The van der Waals surface area contributed by atoms with Crippen molar-refractivity contribution in [3.63, 3.8) is 0 Å². The van der Waals surface area contributed by atoms with Gasteiger partial charge in [0, 0.05) is 19.3 Å². The van der Waals surface area contributed by atoms with Gasteiger partial charge in [-0.05, 0) is 25.0 Å². The number of carbonyl (C=O) groups is 1. The van der Waals surface area contributed by atoms with Crippen molar-refractivity contribution in [2.24, 2.45) is 0 Å². The number of aromatic nitrogens is 1. The molecule has 1 aromatic rings. The second-order valence-corrected chi connectivity index (χ2v) is 4.94. The Morgan fingerprint density at radius 3 is 2.86 bits per heavy atom. The van der Waals surface area contributed by atoms with E-state index >= 15 is 0 Å². The lowest BCUT2D eigenvalue weighted by Crippen LogP contribution is -2.37. The number of hydrogen-bond acceptors (Lipinski definition) is 3. The minimum Gasteiger partial charge on any atom is -0.376 e. The van der Waals surface area contributed by atoms with Crippen LogP contribution >= 0.6 is 0 Å². The predicted octanol–water partition coefficient (Wildman–Crippen LogP) is 1.71. The number of hydrogen-bond donors (Lipinski definition) is 2. The summed E-state index contributed by atoms with van der Waals surface area (Å²) in [5.41, 5.74) is -1.12. The number of ether oxygens (including phenoxy) is 1. The molecule has 6 nitrogen and oxygen atoms in total. The number of pyridine rings is 1. The van der Waals surface area contributed by atoms with Gasteiger partial charge in [-0.1, -0.05) is 0 Å². The van der Waals surface area contributed by atoms with Crippen LogP contribution in [-0.2, 0) is 11.3 Å². The molecule has 1 atom stereocenters. The highest BCUT2D eigenvalue weighted by atomic mass is 19.4. The monoisotopic (exact) mass is 319 g/mol. The number of anilines is 1. The summed E-state index contributed by atoms with van der Waals surface area (Å²) in [5.74, 6) is 0. The molecule has 1 aliphatic rings. The van der Waals surface area contributed by atoms with Gasteiger partial charge in [-0.3, -0.25) is 4.79 Å². The Kier molecular flexibility index (Phi) is 5.07. The molecule has 0 bridgehead atoms. The highest BCUT2D eigenvalue weighted by Gasteiger charge is 2.28. The van der Waals surface area contributed by atoms with Gasteiger partial charge in [-0.25, -0.2) is 4.79 Å². The molecular weight excluding hydrogens is 303 g/mol. The third-order valence-corrected chi connectivity index (χ3v) is 3.13. The van der Waals surface area contributed by atoms with Crippen LogP contribution in [0.2, 0.25) is 0 Å². The van der Waals surface area contributed by atoms with E-state index in [4.69, 9.17) is 4.74 Å². The third-order valence-electron chi connectivity index (χ3n) is 3.13. The molecule has 0 aromatic carbocycles. The highest BCUT2D eigenvalue weighted by molar-refractivity contribution is 5.88. The zero-order chi connectivity index (χ0) is 16.2. The first-order chi connectivity index (χ1) is 10.3. The Morgan fingerprint density at radius 1 is 1.45 bits per heavy atom. The fourth-order valence-electron chi connectivity index (χ4n) is 2.13. The maximum absolute atomic E-state index is 12.3.